The molecule has 0 aromatic heterocycles. The molecular formula is C11H11FN4. The first-order valence-electron chi connectivity index (χ1n) is 4.51. The van der Waals surface area contributed by atoms with Gasteiger partial charge in [-0.15, -0.1) is 0 Å². The third-order valence-electron chi connectivity index (χ3n) is 1.74. The van der Waals surface area contributed by atoms with Crippen LogP contribution in [0.5, 0.6) is 0 Å². The van der Waals surface area contributed by atoms with E-state index in [9.17, 15) is 4.39 Å². The van der Waals surface area contributed by atoms with Crippen LogP contribution in [-0.2, 0) is 0 Å². The molecule has 82 valence electrons. The molecule has 5 heteroatoms. The number of nitrogens with one attached hydrogen (secondary N) is 2. The van der Waals surface area contributed by atoms with Crippen molar-refractivity contribution in [1.29, 1.82) is 10.7 Å². The molecule has 0 aliphatic rings. The number of nitriles is 1. The molecule has 1 rings (SSSR count). The average molecular weight is 218 g/mol. The summed E-state index contributed by atoms with van der Waals surface area (Å²) < 4.78 is 13.1. The highest BCUT2D eigenvalue weighted by molar-refractivity contribution is 5.89. The van der Waals surface area contributed by atoms with Crippen LogP contribution >= 0.6 is 0 Å². The first-order chi connectivity index (χ1) is 7.51. The fraction of sp³-hybridized carbons (Fsp3) is 0.0909. The second kappa shape index (κ2) is 4.94. The van der Waals surface area contributed by atoms with Crippen LogP contribution in [0.4, 0.5) is 10.1 Å². The molecule has 0 saturated carbocycles. The van der Waals surface area contributed by atoms with Gasteiger partial charge in [0.1, 0.15) is 11.7 Å². The molecular weight excluding hydrogens is 207 g/mol. The lowest BCUT2D eigenvalue weighted by Crippen LogP contribution is -2.08. The van der Waals surface area contributed by atoms with Crippen LogP contribution in [0.1, 0.15) is 12.5 Å². The van der Waals surface area contributed by atoms with Gasteiger partial charge in [0, 0.05) is 11.4 Å². The summed E-state index contributed by atoms with van der Waals surface area (Å²) in [5, 5.41) is 18.5. The third kappa shape index (κ3) is 3.42. The maximum absolute atomic E-state index is 13.1. The van der Waals surface area contributed by atoms with Gasteiger partial charge in [-0.3, -0.25) is 5.41 Å². The van der Waals surface area contributed by atoms with Gasteiger partial charge in [0.25, 0.3) is 0 Å². The SMILES string of the molecule is C/C(=C/C(=N)N)Nc1cc(F)cc(C#N)c1. The lowest BCUT2D eigenvalue weighted by atomic mass is 10.2. The molecule has 0 spiro atoms. The first kappa shape index (κ1) is 11.7. The summed E-state index contributed by atoms with van der Waals surface area (Å²) in [7, 11) is 0. The summed E-state index contributed by atoms with van der Waals surface area (Å²) in [4.78, 5) is 0. The maximum Gasteiger partial charge on any atom is 0.126 e. The fourth-order valence-electron chi connectivity index (χ4n) is 1.22. The summed E-state index contributed by atoms with van der Waals surface area (Å²) in [6.45, 7) is 1.69. The zero-order chi connectivity index (χ0) is 12.1. The van der Waals surface area contributed by atoms with Crippen LogP contribution in [0.15, 0.2) is 30.0 Å². The second-order valence-corrected chi connectivity index (χ2v) is 3.25. The van der Waals surface area contributed by atoms with Gasteiger partial charge in [-0.1, -0.05) is 0 Å². The summed E-state index contributed by atoms with van der Waals surface area (Å²) in [5.74, 6) is -0.584. The first-order valence-corrected chi connectivity index (χ1v) is 4.51. The largest absolute Gasteiger partial charge is 0.384 e. The molecule has 0 aliphatic carbocycles. The van der Waals surface area contributed by atoms with Gasteiger partial charge < -0.3 is 11.1 Å². The molecule has 0 unspecified atom stereocenters. The number of rotatable bonds is 3. The lowest BCUT2D eigenvalue weighted by Gasteiger charge is -2.06. The quantitative estimate of drug-likeness (QED) is 0.535. The number of nitrogens with zero attached hydrogens (tertiary/aromatic N) is 1. The van der Waals surface area contributed by atoms with Gasteiger partial charge in [0.05, 0.1) is 11.6 Å². The smallest absolute Gasteiger partial charge is 0.126 e. The molecule has 0 saturated heterocycles. The van der Waals surface area contributed by atoms with E-state index in [1.807, 2.05) is 6.07 Å². The van der Waals surface area contributed by atoms with Crippen molar-refractivity contribution in [1.82, 2.24) is 0 Å². The monoisotopic (exact) mass is 218 g/mol. The molecule has 4 nitrogen and oxygen atoms in total. The Morgan fingerprint density at radius 3 is 2.81 bits per heavy atom. The van der Waals surface area contributed by atoms with E-state index in [1.54, 1.807) is 6.92 Å². The highest BCUT2D eigenvalue weighted by atomic mass is 19.1. The molecule has 1 aromatic rings. The number of amidine groups is 1. The third-order valence-corrected chi connectivity index (χ3v) is 1.74. The van der Waals surface area contributed by atoms with Crippen molar-refractivity contribution >= 4 is 11.5 Å². The van der Waals surface area contributed by atoms with E-state index in [-0.39, 0.29) is 11.4 Å². The molecule has 0 aliphatic heterocycles. The molecule has 16 heavy (non-hydrogen) atoms. The Morgan fingerprint density at radius 2 is 2.25 bits per heavy atom. The summed E-state index contributed by atoms with van der Waals surface area (Å²) in [6, 6.07) is 5.78. The minimum atomic E-state index is -0.489. The molecule has 0 amide bonds. The Morgan fingerprint density at radius 1 is 1.56 bits per heavy atom. The number of hydrogen-bond donors (Lipinski definition) is 3. The molecule has 0 atom stereocenters. The van der Waals surface area contributed by atoms with E-state index in [0.717, 1.165) is 6.07 Å². The topological polar surface area (TPSA) is 85.7 Å². The van der Waals surface area contributed by atoms with Gasteiger partial charge in [-0.25, -0.2) is 4.39 Å². The van der Waals surface area contributed by atoms with Crippen molar-refractivity contribution in [2.45, 2.75) is 6.92 Å². The van der Waals surface area contributed by atoms with Gasteiger partial charge in [0.15, 0.2) is 0 Å². The minimum Gasteiger partial charge on any atom is -0.384 e. The summed E-state index contributed by atoms with van der Waals surface area (Å²) >= 11 is 0. The normalized spacial score (nSPS) is 10.7. The van der Waals surface area contributed by atoms with Crippen molar-refractivity contribution in [3.05, 3.63) is 41.4 Å². The van der Waals surface area contributed by atoms with Crippen LogP contribution in [0.2, 0.25) is 0 Å². The van der Waals surface area contributed by atoms with E-state index >= 15 is 0 Å². The number of hydrogen-bond acceptors (Lipinski definition) is 3. The number of nitrogens with two attached hydrogens (primary N) is 1. The summed E-state index contributed by atoms with van der Waals surface area (Å²) in [5.41, 5.74) is 6.46. The van der Waals surface area contributed by atoms with Crippen LogP contribution in [0.25, 0.3) is 0 Å². The Bertz CT molecular complexity index is 485. The van der Waals surface area contributed by atoms with Crippen molar-refractivity contribution in [3.8, 4) is 6.07 Å². The van der Waals surface area contributed by atoms with Gasteiger partial charge in [0.2, 0.25) is 0 Å². The molecule has 1 aromatic carbocycles. The average Bonchev–Trinajstić information content (AvgIpc) is 2.14. The Labute approximate surface area is 92.7 Å². The van der Waals surface area contributed by atoms with Crippen molar-refractivity contribution in [2.75, 3.05) is 5.32 Å². The van der Waals surface area contributed by atoms with Gasteiger partial charge in [-0.05, 0) is 31.2 Å². The van der Waals surface area contributed by atoms with E-state index in [2.05, 4.69) is 5.32 Å². The van der Waals surface area contributed by atoms with Crippen LogP contribution in [0.3, 0.4) is 0 Å². The molecule has 0 radical (unpaired) electrons. The second-order valence-electron chi connectivity index (χ2n) is 3.25. The van der Waals surface area contributed by atoms with Gasteiger partial charge >= 0.3 is 0 Å². The Hall–Kier alpha value is -2.35. The van der Waals surface area contributed by atoms with Crippen LogP contribution in [0, 0.1) is 22.6 Å². The zero-order valence-electron chi connectivity index (χ0n) is 8.71. The molecule has 0 bridgehead atoms. The number of benzene rings is 1. The highest BCUT2D eigenvalue weighted by Gasteiger charge is 2.00. The fourth-order valence-corrected chi connectivity index (χ4v) is 1.22. The number of anilines is 1. The predicted octanol–water partition coefficient (Wildman–Crippen LogP) is 1.95. The van der Waals surface area contributed by atoms with Gasteiger partial charge in [-0.2, -0.15) is 5.26 Å². The predicted molar refractivity (Wildman–Crippen MR) is 60.4 cm³/mol. The zero-order valence-corrected chi connectivity index (χ0v) is 8.71. The van der Waals surface area contributed by atoms with E-state index in [1.165, 1.54) is 18.2 Å². The number of halogens is 1. The van der Waals surface area contributed by atoms with E-state index in [0.29, 0.717) is 11.4 Å². The lowest BCUT2D eigenvalue weighted by molar-refractivity contribution is 0.628. The highest BCUT2D eigenvalue weighted by Crippen LogP contribution is 2.15. The molecule has 0 heterocycles. The minimum absolute atomic E-state index is 0.0955. The maximum atomic E-state index is 13.1. The van der Waals surface area contributed by atoms with E-state index < -0.39 is 5.82 Å². The molecule has 4 N–H and O–H groups in total. The Balaban J connectivity index is 2.94. The van der Waals surface area contributed by atoms with Crippen molar-refractivity contribution < 1.29 is 4.39 Å². The van der Waals surface area contributed by atoms with Crippen molar-refractivity contribution in [3.63, 3.8) is 0 Å². The standard InChI is InChI=1S/C11H11FN4/c1-7(2-11(14)15)16-10-4-8(6-13)3-9(12)5-10/h2-5,16H,1H3,(H3,14,15)/b7-2-. The summed E-state index contributed by atoms with van der Waals surface area (Å²) in [6.07, 6.45) is 1.40. The molecule has 0 fully saturated rings. The van der Waals surface area contributed by atoms with Crippen LogP contribution < -0.4 is 11.1 Å². The van der Waals surface area contributed by atoms with Crippen LogP contribution in [-0.4, -0.2) is 5.84 Å². The van der Waals surface area contributed by atoms with Crippen molar-refractivity contribution in [2.24, 2.45) is 5.73 Å². The Kier molecular flexibility index (Phi) is 3.62. The number of allylic oxidation sites excluding steroid dienone is 1. The van der Waals surface area contributed by atoms with E-state index in [4.69, 9.17) is 16.4 Å².